The number of nitrogens with two attached hydrogens (primary N) is 1. The van der Waals surface area contributed by atoms with E-state index in [0.29, 0.717) is 0 Å². The molecule has 27 heavy (non-hydrogen) atoms. The number of halogens is 2. The Morgan fingerprint density at radius 2 is 2.37 bits per heavy atom. The summed E-state index contributed by atoms with van der Waals surface area (Å²) in [5.41, 5.74) is -1.22. The summed E-state index contributed by atoms with van der Waals surface area (Å²) >= 11 is 5.91. The highest BCUT2D eigenvalue weighted by Crippen LogP contribution is 2.32. The third-order valence-electron chi connectivity index (χ3n) is 3.82. The summed E-state index contributed by atoms with van der Waals surface area (Å²) in [4.78, 5) is 31.1. The van der Waals surface area contributed by atoms with Gasteiger partial charge in [-0.3, -0.25) is 4.79 Å². The molecule has 0 aromatic carbocycles. The Hall–Kier alpha value is -2.24. The minimum atomic E-state index is -1.52. The van der Waals surface area contributed by atoms with Crippen LogP contribution < -0.4 is 5.32 Å². The number of ether oxygens (including phenoxy) is 2. The van der Waals surface area contributed by atoms with Crippen LogP contribution in [-0.4, -0.2) is 69.3 Å². The molecule has 148 valence electrons. The quantitative estimate of drug-likeness (QED) is 0.299. The van der Waals surface area contributed by atoms with Crippen LogP contribution >= 0.6 is 11.6 Å². The van der Waals surface area contributed by atoms with Crippen molar-refractivity contribution in [2.75, 3.05) is 12.5 Å². The zero-order valence-corrected chi connectivity index (χ0v) is 15.6. The van der Waals surface area contributed by atoms with Gasteiger partial charge in [0.05, 0.1) is 18.0 Å². The minimum Gasteiger partial charge on any atom is -0.462 e. The first-order valence-electron chi connectivity index (χ1n) is 8.17. The SMILES string of the molecule is CC(C)C(=O)OC[C@]1(CCl)C[C@@H](F)[C@H]([NH2+]C(=O)/N=C(\C=N)n2cncn2)O1. The number of alkyl halides is 2. The molecule has 2 heterocycles. The number of quaternary nitrogens is 1. The lowest BCUT2D eigenvalue weighted by Crippen LogP contribution is -2.94. The number of primary amides is 1. The number of carbonyl (C=O) groups is 2. The van der Waals surface area contributed by atoms with Crippen LogP contribution in [0.25, 0.3) is 0 Å². The lowest BCUT2D eigenvalue weighted by Gasteiger charge is -2.25. The van der Waals surface area contributed by atoms with Crippen molar-refractivity contribution in [2.24, 2.45) is 10.9 Å². The number of rotatable bonds is 6. The lowest BCUT2D eigenvalue weighted by atomic mass is 10.0. The van der Waals surface area contributed by atoms with Gasteiger partial charge in [-0.15, -0.1) is 16.6 Å². The summed E-state index contributed by atoms with van der Waals surface area (Å²) in [6, 6.07) is -0.804. The van der Waals surface area contributed by atoms with Crippen LogP contribution in [0.4, 0.5) is 9.18 Å². The number of aromatic nitrogens is 3. The normalized spacial score (nSPS) is 25.6. The van der Waals surface area contributed by atoms with E-state index in [1.807, 2.05) is 0 Å². The topological polar surface area (TPSA) is 136 Å². The third kappa shape index (κ3) is 5.37. The molecular weight excluding hydrogens is 383 g/mol. The molecule has 1 aliphatic rings. The van der Waals surface area contributed by atoms with Gasteiger partial charge in [-0.05, 0) is 0 Å². The van der Waals surface area contributed by atoms with E-state index < -0.39 is 30.0 Å². The van der Waals surface area contributed by atoms with Gasteiger partial charge in [0.25, 0.3) is 0 Å². The van der Waals surface area contributed by atoms with Gasteiger partial charge >= 0.3 is 12.0 Å². The van der Waals surface area contributed by atoms with Crippen LogP contribution in [0.15, 0.2) is 17.6 Å². The van der Waals surface area contributed by atoms with Gasteiger partial charge in [-0.2, -0.15) is 5.10 Å². The molecule has 3 atom stereocenters. The van der Waals surface area contributed by atoms with Gasteiger partial charge in [0, 0.05) is 6.42 Å². The molecule has 0 spiro atoms. The molecule has 2 rings (SSSR count). The molecule has 1 aliphatic heterocycles. The van der Waals surface area contributed by atoms with Gasteiger partial charge in [0.1, 0.15) is 24.9 Å². The summed E-state index contributed by atoms with van der Waals surface area (Å²) < 4.78 is 26.2. The third-order valence-corrected chi connectivity index (χ3v) is 4.30. The lowest BCUT2D eigenvalue weighted by molar-refractivity contribution is -0.644. The van der Waals surface area contributed by atoms with Crippen LogP contribution in [0, 0.1) is 11.3 Å². The minimum absolute atomic E-state index is 0.0865. The first kappa shape index (κ1) is 21.1. The monoisotopic (exact) mass is 403 g/mol. The van der Waals surface area contributed by atoms with Gasteiger partial charge in [0.2, 0.25) is 6.23 Å². The number of nitrogens with zero attached hydrogens (tertiary/aromatic N) is 4. The Kier molecular flexibility index (Phi) is 7.11. The van der Waals surface area contributed by atoms with E-state index in [2.05, 4.69) is 15.1 Å². The largest absolute Gasteiger partial charge is 0.462 e. The standard InChI is InChI=1S/C15H20ClFN6O4/c1-9(2)13(24)26-6-15(5-16)3-10(17)12(27-15)22-14(25)21-11(4-18)23-8-19-7-20-23/h4,7-10,12,18H,3,5-6H2,1-2H3,(H,22,25)/p+1/b18-4?,21-11+/t10-,12-,15-/m1/s1. The summed E-state index contributed by atoms with van der Waals surface area (Å²) in [6.45, 7) is 3.14. The van der Waals surface area contributed by atoms with Crippen molar-refractivity contribution in [3.05, 3.63) is 12.7 Å². The number of nitrogens with one attached hydrogen (secondary N) is 1. The van der Waals surface area contributed by atoms with Gasteiger partial charge in [-0.1, -0.05) is 13.8 Å². The summed E-state index contributed by atoms with van der Waals surface area (Å²) in [5, 5.41) is 12.0. The Balaban J connectivity index is 2.01. The molecule has 1 saturated heterocycles. The Morgan fingerprint density at radius 3 is 2.93 bits per heavy atom. The Labute approximate surface area is 159 Å². The fourth-order valence-corrected chi connectivity index (χ4v) is 2.62. The van der Waals surface area contributed by atoms with E-state index in [9.17, 15) is 14.0 Å². The second-order valence-corrected chi connectivity index (χ2v) is 6.61. The number of aliphatic imine (C=N–C) groups is 1. The molecule has 0 radical (unpaired) electrons. The van der Waals surface area contributed by atoms with Crippen molar-refractivity contribution in [2.45, 2.75) is 38.3 Å². The molecule has 3 N–H and O–H groups in total. The summed E-state index contributed by atoms with van der Waals surface area (Å²) in [7, 11) is 0. The van der Waals surface area contributed by atoms with Crippen molar-refractivity contribution in [3.8, 4) is 0 Å². The van der Waals surface area contributed by atoms with Crippen molar-refractivity contribution >= 4 is 35.7 Å². The van der Waals surface area contributed by atoms with Gasteiger partial charge < -0.3 is 14.9 Å². The van der Waals surface area contributed by atoms with E-state index in [-0.39, 0.29) is 30.7 Å². The fraction of sp³-hybridized carbons (Fsp3) is 0.600. The molecular formula is C15H21ClFN6O4+. The molecule has 1 aromatic heterocycles. The smallest absolute Gasteiger partial charge is 0.443 e. The average Bonchev–Trinajstić information content (AvgIpc) is 3.26. The molecule has 0 saturated carbocycles. The maximum atomic E-state index is 14.4. The summed E-state index contributed by atoms with van der Waals surface area (Å²) in [5.74, 6) is -0.980. The highest BCUT2D eigenvalue weighted by atomic mass is 35.5. The van der Waals surface area contributed by atoms with Gasteiger partial charge in [0.15, 0.2) is 12.0 Å². The number of hydrogen-bond donors (Lipinski definition) is 2. The molecule has 12 heteroatoms. The van der Waals surface area contributed by atoms with Gasteiger partial charge in [-0.25, -0.2) is 24.2 Å². The van der Waals surface area contributed by atoms with Crippen LogP contribution in [-0.2, 0) is 14.3 Å². The fourth-order valence-electron chi connectivity index (χ4n) is 2.37. The number of urea groups is 1. The maximum absolute atomic E-state index is 14.4. The molecule has 1 aromatic rings. The van der Waals surface area contributed by atoms with Crippen molar-refractivity contribution in [1.29, 1.82) is 5.41 Å². The molecule has 0 bridgehead atoms. The van der Waals surface area contributed by atoms with E-state index in [0.717, 1.165) is 16.2 Å². The predicted molar refractivity (Wildman–Crippen MR) is 92.6 cm³/mol. The Bertz CT molecular complexity index is 713. The second kappa shape index (κ2) is 9.11. The van der Waals surface area contributed by atoms with Crippen LogP contribution in [0.5, 0.6) is 0 Å². The van der Waals surface area contributed by atoms with Crippen molar-refractivity contribution < 1.29 is 28.8 Å². The zero-order chi connectivity index (χ0) is 20.0. The molecule has 1 fully saturated rings. The number of carbonyl (C=O) groups excluding carboxylic acids is 2. The number of esters is 1. The van der Waals surface area contributed by atoms with Crippen molar-refractivity contribution in [1.82, 2.24) is 14.8 Å². The van der Waals surface area contributed by atoms with E-state index in [1.165, 1.54) is 12.7 Å². The first-order valence-corrected chi connectivity index (χ1v) is 8.71. The van der Waals surface area contributed by atoms with Crippen LogP contribution in [0.3, 0.4) is 0 Å². The van der Waals surface area contributed by atoms with E-state index in [4.69, 9.17) is 26.5 Å². The van der Waals surface area contributed by atoms with Crippen molar-refractivity contribution in [3.63, 3.8) is 0 Å². The Morgan fingerprint density at radius 1 is 1.63 bits per heavy atom. The molecule has 2 amide bonds. The molecule has 10 nitrogen and oxygen atoms in total. The zero-order valence-electron chi connectivity index (χ0n) is 14.8. The van der Waals surface area contributed by atoms with E-state index >= 15 is 0 Å². The second-order valence-electron chi connectivity index (χ2n) is 6.34. The number of amides is 2. The maximum Gasteiger partial charge on any atom is 0.443 e. The van der Waals surface area contributed by atoms with Crippen LogP contribution in [0.1, 0.15) is 20.3 Å². The van der Waals surface area contributed by atoms with Crippen LogP contribution in [0.2, 0.25) is 0 Å². The highest BCUT2D eigenvalue weighted by Gasteiger charge is 2.50. The highest BCUT2D eigenvalue weighted by molar-refractivity contribution is 6.30. The number of hydrogen-bond acceptors (Lipinski definition) is 7. The van der Waals surface area contributed by atoms with E-state index in [1.54, 1.807) is 13.8 Å². The average molecular weight is 404 g/mol. The molecule has 0 aliphatic carbocycles. The molecule has 0 unspecified atom stereocenters. The first-order chi connectivity index (χ1) is 12.8. The predicted octanol–water partition coefficient (Wildman–Crippen LogP) is 0.119. The summed E-state index contributed by atoms with van der Waals surface area (Å²) in [6.07, 6.45) is 0.467.